The average molecular weight is 410 g/mol. The van der Waals surface area contributed by atoms with Crippen LogP contribution in [-0.4, -0.2) is 25.9 Å². The molecule has 0 saturated carbocycles. The van der Waals surface area contributed by atoms with E-state index in [4.69, 9.17) is 5.26 Å². The van der Waals surface area contributed by atoms with Crippen molar-refractivity contribution in [3.8, 4) is 17.6 Å². The number of anilines is 1. The van der Waals surface area contributed by atoms with Gasteiger partial charge in [-0.2, -0.15) is 5.26 Å². The van der Waals surface area contributed by atoms with Crippen molar-refractivity contribution in [2.45, 2.75) is 12.9 Å². The lowest BCUT2D eigenvalue weighted by atomic mass is 10.2. The van der Waals surface area contributed by atoms with Crippen LogP contribution in [0.3, 0.4) is 0 Å². The SMILES string of the molecule is N#Cc1ccc2ncn(-c3cncc(NCc4cccc(OC(F)(F)F)c4)n3)c2c1. The number of rotatable bonds is 5. The molecule has 10 heteroatoms. The lowest BCUT2D eigenvalue weighted by molar-refractivity contribution is -0.274. The molecule has 2 aromatic carbocycles. The van der Waals surface area contributed by atoms with Crippen molar-refractivity contribution in [2.24, 2.45) is 0 Å². The average Bonchev–Trinajstić information content (AvgIpc) is 3.14. The van der Waals surface area contributed by atoms with Crippen LogP contribution < -0.4 is 10.1 Å². The first-order valence-corrected chi connectivity index (χ1v) is 8.69. The van der Waals surface area contributed by atoms with E-state index in [1.165, 1.54) is 24.4 Å². The molecule has 2 heterocycles. The Morgan fingerprint density at radius 1 is 1.13 bits per heavy atom. The summed E-state index contributed by atoms with van der Waals surface area (Å²) in [5.41, 5.74) is 2.48. The van der Waals surface area contributed by atoms with Crippen molar-refractivity contribution >= 4 is 16.9 Å². The molecule has 4 rings (SSSR count). The molecule has 0 aliphatic heterocycles. The van der Waals surface area contributed by atoms with Crippen molar-refractivity contribution in [3.05, 3.63) is 72.3 Å². The van der Waals surface area contributed by atoms with Crippen molar-refractivity contribution in [1.29, 1.82) is 5.26 Å². The molecule has 150 valence electrons. The molecule has 0 bridgehead atoms. The number of hydrogen-bond donors (Lipinski definition) is 1. The number of benzene rings is 2. The monoisotopic (exact) mass is 410 g/mol. The van der Waals surface area contributed by atoms with Crippen LogP contribution in [0.15, 0.2) is 61.2 Å². The fraction of sp³-hybridized carbons (Fsp3) is 0.100. The van der Waals surface area contributed by atoms with E-state index in [-0.39, 0.29) is 12.3 Å². The molecule has 0 spiro atoms. The summed E-state index contributed by atoms with van der Waals surface area (Å²) in [7, 11) is 0. The van der Waals surface area contributed by atoms with Crippen molar-refractivity contribution < 1.29 is 17.9 Å². The van der Waals surface area contributed by atoms with Gasteiger partial charge in [0, 0.05) is 6.54 Å². The molecule has 30 heavy (non-hydrogen) atoms. The molecule has 2 aromatic heterocycles. The van der Waals surface area contributed by atoms with Crippen molar-refractivity contribution in [1.82, 2.24) is 19.5 Å². The number of alkyl halides is 3. The Hall–Kier alpha value is -4.13. The zero-order chi connectivity index (χ0) is 21.1. The summed E-state index contributed by atoms with van der Waals surface area (Å²) >= 11 is 0. The van der Waals surface area contributed by atoms with E-state index in [9.17, 15) is 13.2 Å². The predicted molar refractivity (Wildman–Crippen MR) is 102 cm³/mol. The Morgan fingerprint density at radius 2 is 2.00 bits per heavy atom. The molecular weight excluding hydrogens is 397 g/mol. The number of nitrogens with one attached hydrogen (secondary N) is 1. The summed E-state index contributed by atoms with van der Waals surface area (Å²) in [6.45, 7) is 0.219. The van der Waals surface area contributed by atoms with Gasteiger partial charge in [0.05, 0.1) is 35.1 Å². The highest BCUT2D eigenvalue weighted by molar-refractivity contribution is 5.78. The van der Waals surface area contributed by atoms with Crippen LogP contribution in [0.2, 0.25) is 0 Å². The third kappa shape index (κ3) is 4.30. The second kappa shape index (κ2) is 7.71. The molecular formula is C20H13F3N6O. The first kappa shape index (κ1) is 19.2. The van der Waals surface area contributed by atoms with Crippen molar-refractivity contribution in [3.63, 3.8) is 0 Å². The third-order valence-electron chi connectivity index (χ3n) is 4.15. The Kier molecular flexibility index (Phi) is 4.93. The summed E-state index contributed by atoms with van der Waals surface area (Å²) in [4.78, 5) is 12.9. The number of nitriles is 1. The Morgan fingerprint density at radius 3 is 2.80 bits per heavy atom. The smallest absolute Gasteiger partial charge is 0.406 e. The molecule has 4 aromatic rings. The van der Waals surface area contributed by atoms with E-state index in [0.29, 0.717) is 33.8 Å². The maximum atomic E-state index is 12.4. The molecule has 0 aliphatic carbocycles. The Bertz CT molecular complexity index is 1250. The summed E-state index contributed by atoms with van der Waals surface area (Å²) in [5, 5.41) is 12.1. The van der Waals surface area contributed by atoms with Gasteiger partial charge in [-0.15, -0.1) is 13.2 Å². The maximum absolute atomic E-state index is 12.4. The number of nitrogens with zero attached hydrogens (tertiary/aromatic N) is 5. The first-order chi connectivity index (χ1) is 14.4. The second-order valence-electron chi connectivity index (χ2n) is 6.24. The standard InChI is InChI=1S/C20H13F3N6O/c21-20(22,23)30-15-3-1-2-14(6-15)9-26-18-10-25-11-19(28-18)29-12-27-16-5-4-13(8-24)7-17(16)29/h1-7,10-12H,9H2,(H,26,28). The number of aromatic nitrogens is 4. The Labute approximate surface area is 168 Å². The molecule has 0 radical (unpaired) electrons. The molecule has 0 atom stereocenters. The minimum absolute atomic E-state index is 0.219. The van der Waals surface area contributed by atoms with Crippen molar-refractivity contribution in [2.75, 3.05) is 5.32 Å². The first-order valence-electron chi connectivity index (χ1n) is 8.69. The maximum Gasteiger partial charge on any atom is 0.573 e. The van der Waals surface area contributed by atoms with Gasteiger partial charge in [-0.3, -0.25) is 9.55 Å². The van der Waals surface area contributed by atoms with Gasteiger partial charge in [-0.1, -0.05) is 12.1 Å². The highest BCUT2D eigenvalue weighted by atomic mass is 19.4. The molecule has 0 fully saturated rings. The van der Waals surface area contributed by atoms with E-state index < -0.39 is 6.36 Å². The topological polar surface area (TPSA) is 88.7 Å². The van der Waals surface area contributed by atoms with Gasteiger partial charge in [0.25, 0.3) is 0 Å². The van der Waals surface area contributed by atoms with E-state index >= 15 is 0 Å². The third-order valence-corrected chi connectivity index (χ3v) is 4.15. The summed E-state index contributed by atoms with van der Waals surface area (Å²) < 4.78 is 42.8. The van der Waals surface area contributed by atoms with Gasteiger partial charge in [0.2, 0.25) is 0 Å². The summed E-state index contributed by atoms with van der Waals surface area (Å²) in [6.07, 6.45) is -0.120. The van der Waals surface area contributed by atoms with Gasteiger partial charge in [-0.05, 0) is 35.9 Å². The second-order valence-corrected chi connectivity index (χ2v) is 6.24. The van der Waals surface area contributed by atoms with E-state index in [0.717, 1.165) is 0 Å². The highest BCUT2D eigenvalue weighted by Crippen LogP contribution is 2.24. The Balaban J connectivity index is 1.54. The lowest BCUT2D eigenvalue weighted by Gasteiger charge is -2.11. The fourth-order valence-corrected chi connectivity index (χ4v) is 2.86. The van der Waals surface area contributed by atoms with Gasteiger partial charge in [-0.25, -0.2) is 9.97 Å². The molecule has 0 saturated heterocycles. The van der Waals surface area contributed by atoms with Crippen LogP contribution in [0.5, 0.6) is 5.75 Å². The summed E-state index contributed by atoms with van der Waals surface area (Å²) in [5.74, 6) is 0.611. The number of fused-ring (bicyclic) bond motifs is 1. The van der Waals surface area contributed by atoms with Crippen LogP contribution in [0.1, 0.15) is 11.1 Å². The van der Waals surface area contributed by atoms with Crippen LogP contribution in [-0.2, 0) is 6.54 Å². The van der Waals surface area contributed by atoms with Gasteiger partial charge < -0.3 is 10.1 Å². The lowest BCUT2D eigenvalue weighted by Crippen LogP contribution is -2.17. The van der Waals surface area contributed by atoms with Crippen LogP contribution >= 0.6 is 0 Å². The van der Waals surface area contributed by atoms with Gasteiger partial charge in [0.1, 0.15) is 17.9 Å². The predicted octanol–water partition coefficient (Wildman–Crippen LogP) is 4.20. The largest absolute Gasteiger partial charge is 0.573 e. The van der Waals surface area contributed by atoms with E-state index in [1.807, 2.05) is 0 Å². The van der Waals surface area contributed by atoms with Gasteiger partial charge in [0.15, 0.2) is 5.82 Å². The van der Waals surface area contributed by atoms with E-state index in [1.54, 1.807) is 41.4 Å². The molecule has 1 N–H and O–H groups in total. The number of ether oxygens (including phenoxy) is 1. The van der Waals surface area contributed by atoms with E-state index in [2.05, 4.69) is 31.1 Å². The molecule has 0 amide bonds. The highest BCUT2D eigenvalue weighted by Gasteiger charge is 2.31. The number of hydrogen-bond acceptors (Lipinski definition) is 6. The van der Waals surface area contributed by atoms with Crippen LogP contribution in [0, 0.1) is 11.3 Å². The molecule has 0 aliphatic rings. The zero-order valence-corrected chi connectivity index (χ0v) is 15.3. The minimum Gasteiger partial charge on any atom is -0.406 e. The number of halogens is 3. The minimum atomic E-state index is -4.75. The fourth-order valence-electron chi connectivity index (χ4n) is 2.86. The molecule has 0 unspecified atom stereocenters. The molecule has 7 nitrogen and oxygen atoms in total. The van der Waals surface area contributed by atoms with Crippen LogP contribution in [0.25, 0.3) is 16.9 Å². The van der Waals surface area contributed by atoms with Crippen LogP contribution in [0.4, 0.5) is 19.0 Å². The summed E-state index contributed by atoms with van der Waals surface area (Å²) in [6, 6.07) is 12.9. The van der Waals surface area contributed by atoms with Gasteiger partial charge >= 0.3 is 6.36 Å². The zero-order valence-electron chi connectivity index (χ0n) is 15.3. The quantitative estimate of drug-likeness (QED) is 0.531. The normalized spacial score (nSPS) is 11.3. The number of imidazole rings is 1.